The van der Waals surface area contributed by atoms with Gasteiger partial charge in [-0.25, -0.2) is 0 Å². The number of nitrogens with one attached hydrogen (secondary N) is 1. The third-order valence-corrected chi connectivity index (χ3v) is 3.28. The number of imide groups is 1. The van der Waals surface area contributed by atoms with Gasteiger partial charge in [-0.15, -0.1) is 12.4 Å². The lowest BCUT2D eigenvalue weighted by Crippen LogP contribution is -2.45. The van der Waals surface area contributed by atoms with Crippen LogP contribution in [0.4, 0.5) is 0 Å². The predicted molar refractivity (Wildman–Crippen MR) is 58.8 cm³/mol. The highest BCUT2D eigenvalue weighted by atomic mass is 35.5. The van der Waals surface area contributed by atoms with Gasteiger partial charge in [0.2, 0.25) is 11.8 Å². The van der Waals surface area contributed by atoms with E-state index >= 15 is 0 Å². The zero-order valence-electron chi connectivity index (χ0n) is 8.91. The average Bonchev–Trinajstić information content (AvgIpc) is 2.40. The summed E-state index contributed by atoms with van der Waals surface area (Å²) in [5.41, 5.74) is -0.397. The largest absolute Gasteiger partial charge is 0.316 e. The maximum absolute atomic E-state index is 12.0. The number of piperidine rings is 1. The van der Waals surface area contributed by atoms with Crippen molar-refractivity contribution >= 4 is 24.2 Å². The molecule has 15 heavy (non-hydrogen) atoms. The summed E-state index contributed by atoms with van der Waals surface area (Å²) >= 11 is 0. The van der Waals surface area contributed by atoms with E-state index in [2.05, 4.69) is 5.32 Å². The molecule has 86 valence electrons. The van der Waals surface area contributed by atoms with Gasteiger partial charge in [0.05, 0.1) is 5.41 Å². The fraction of sp³-hybridized carbons (Fsp3) is 0.800. The SMILES string of the molecule is CCN1C(=O)CC2(CCCNC2)C1=O.Cl. The van der Waals surface area contributed by atoms with Crippen molar-refractivity contribution in [3.05, 3.63) is 0 Å². The number of hydrogen-bond donors (Lipinski definition) is 1. The summed E-state index contributed by atoms with van der Waals surface area (Å²) < 4.78 is 0. The lowest BCUT2D eigenvalue weighted by atomic mass is 9.79. The van der Waals surface area contributed by atoms with Gasteiger partial charge >= 0.3 is 0 Å². The number of amides is 2. The van der Waals surface area contributed by atoms with Crippen LogP contribution in [0.3, 0.4) is 0 Å². The first-order valence-corrected chi connectivity index (χ1v) is 5.25. The molecule has 0 aromatic carbocycles. The summed E-state index contributed by atoms with van der Waals surface area (Å²) in [6.45, 7) is 4.01. The number of halogens is 1. The van der Waals surface area contributed by atoms with Crippen LogP contribution in [0.1, 0.15) is 26.2 Å². The van der Waals surface area contributed by atoms with Gasteiger partial charge in [-0.1, -0.05) is 0 Å². The number of carbonyl (C=O) groups excluding carboxylic acids is 2. The lowest BCUT2D eigenvalue weighted by molar-refractivity contribution is -0.141. The summed E-state index contributed by atoms with van der Waals surface area (Å²) in [5.74, 6) is 0.0402. The molecular weight excluding hydrogens is 216 g/mol. The molecule has 1 unspecified atom stereocenters. The van der Waals surface area contributed by atoms with Crippen molar-refractivity contribution < 1.29 is 9.59 Å². The van der Waals surface area contributed by atoms with Gasteiger partial charge < -0.3 is 5.32 Å². The number of nitrogens with zero attached hydrogens (tertiary/aromatic N) is 1. The maximum atomic E-state index is 12.0. The summed E-state index contributed by atoms with van der Waals surface area (Å²) in [6, 6.07) is 0. The minimum Gasteiger partial charge on any atom is -0.316 e. The van der Waals surface area contributed by atoms with Gasteiger partial charge in [0, 0.05) is 19.5 Å². The zero-order chi connectivity index (χ0) is 10.2. The fourth-order valence-corrected chi connectivity index (χ4v) is 2.48. The molecular formula is C10H17ClN2O2. The molecule has 0 aliphatic carbocycles. The molecule has 1 N–H and O–H groups in total. The van der Waals surface area contributed by atoms with E-state index in [0.717, 1.165) is 19.4 Å². The molecule has 5 heteroatoms. The standard InChI is InChI=1S/C10H16N2O2.ClH/c1-2-12-8(13)6-10(9(12)14)4-3-5-11-7-10;/h11H,2-7H2,1H3;1H. The molecule has 0 bridgehead atoms. The van der Waals surface area contributed by atoms with Crippen LogP contribution < -0.4 is 5.32 Å². The second kappa shape index (κ2) is 4.49. The molecule has 1 spiro atoms. The highest BCUT2D eigenvalue weighted by molar-refractivity contribution is 6.06. The van der Waals surface area contributed by atoms with E-state index in [0.29, 0.717) is 19.5 Å². The normalized spacial score (nSPS) is 30.9. The Balaban J connectivity index is 0.00000112. The van der Waals surface area contributed by atoms with Crippen LogP contribution >= 0.6 is 12.4 Å². The van der Waals surface area contributed by atoms with Crippen LogP contribution in [0, 0.1) is 5.41 Å². The topological polar surface area (TPSA) is 49.4 Å². The molecule has 2 aliphatic heterocycles. The second-order valence-electron chi connectivity index (χ2n) is 4.18. The lowest BCUT2D eigenvalue weighted by Gasteiger charge is -2.31. The minimum absolute atomic E-state index is 0. The first kappa shape index (κ1) is 12.5. The highest BCUT2D eigenvalue weighted by Crippen LogP contribution is 2.38. The molecule has 4 nitrogen and oxygen atoms in total. The van der Waals surface area contributed by atoms with E-state index in [1.807, 2.05) is 6.92 Å². The fourth-order valence-electron chi connectivity index (χ4n) is 2.48. The number of likely N-dealkylation sites (tertiary alicyclic amines) is 1. The van der Waals surface area contributed by atoms with Gasteiger partial charge in [-0.05, 0) is 26.3 Å². The van der Waals surface area contributed by atoms with Gasteiger partial charge in [0.15, 0.2) is 0 Å². The van der Waals surface area contributed by atoms with Crippen LogP contribution in [0.5, 0.6) is 0 Å². The van der Waals surface area contributed by atoms with Crippen LogP contribution in [0.2, 0.25) is 0 Å². The van der Waals surface area contributed by atoms with Crippen molar-refractivity contribution in [2.24, 2.45) is 5.41 Å². The maximum Gasteiger partial charge on any atom is 0.237 e. The van der Waals surface area contributed by atoms with E-state index in [1.54, 1.807) is 0 Å². The molecule has 0 radical (unpaired) electrons. The molecule has 2 rings (SSSR count). The summed E-state index contributed by atoms with van der Waals surface area (Å²) in [4.78, 5) is 25.0. The van der Waals surface area contributed by atoms with Gasteiger partial charge in [0.25, 0.3) is 0 Å². The number of rotatable bonds is 1. The summed E-state index contributed by atoms with van der Waals surface area (Å²) in [7, 11) is 0. The van der Waals surface area contributed by atoms with Gasteiger partial charge in [0.1, 0.15) is 0 Å². The first-order chi connectivity index (χ1) is 6.69. The van der Waals surface area contributed by atoms with Crippen LogP contribution in [-0.2, 0) is 9.59 Å². The van der Waals surface area contributed by atoms with Crippen molar-refractivity contribution in [1.29, 1.82) is 0 Å². The van der Waals surface area contributed by atoms with E-state index in [1.165, 1.54) is 4.90 Å². The van der Waals surface area contributed by atoms with Crippen LogP contribution in [-0.4, -0.2) is 36.3 Å². The summed E-state index contributed by atoms with van der Waals surface area (Å²) in [6.07, 6.45) is 2.27. The minimum atomic E-state index is -0.397. The Morgan fingerprint density at radius 3 is 2.67 bits per heavy atom. The van der Waals surface area contributed by atoms with Crippen molar-refractivity contribution in [1.82, 2.24) is 10.2 Å². The Morgan fingerprint density at radius 2 is 2.20 bits per heavy atom. The van der Waals surface area contributed by atoms with Crippen molar-refractivity contribution in [2.75, 3.05) is 19.6 Å². The molecule has 2 fully saturated rings. The smallest absolute Gasteiger partial charge is 0.237 e. The number of carbonyl (C=O) groups is 2. The molecule has 2 aliphatic rings. The molecule has 1 atom stereocenters. The highest BCUT2D eigenvalue weighted by Gasteiger charge is 2.50. The zero-order valence-corrected chi connectivity index (χ0v) is 9.73. The Labute approximate surface area is 95.8 Å². The second-order valence-corrected chi connectivity index (χ2v) is 4.18. The van der Waals surface area contributed by atoms with E-state index in [4.69, 9.17) is 0 Å². The number of hydrogen-bond acceptors (Lipinski definition) is 3. The van der Waals surface area contributed by atoms with Crippen molar-refractivity contribution in [3.8, 4) is 0 Å². The third kappa shape index (κ3) is 1.88. The molecule has 0 saturated carbocycles. The predicted octanol–water partition coefficient (Wildman–Crippen LogP) is 0.557. The van der Waals surface area contributed by atoms with E-state index in [-0.39, 0.29) is 24.2 Å². The average molecular weight is 233 g/mol. The molecule has 0 aromatic heterocycles. The van der Waals surface area contributed by atoms with Crippen molar-refractivity contribution in [3.63, 3.8) is 0 Å². The molecule has 2 heterocycles. The van der Waals surface area contributed by atoms with Gasteiger partial charge in [-0.3, -0.25) is 14.5 Å². The molecule has 2 amide bonds. The Kier molecular flexibility index (Phi) is 3.73. The van der Waals surface area contributed by atoms with Crippen molar-refractivity contribution in [2.45, 2.75) is 26.2 Å². The third-order valence-electron chi connectivity index (χ3n) is 3.28. The molecule has 2 saturated heterocycles. The van der Waals surface area contributed by atoms with E-state index in [9.17, 15) is 9.59 Å². The Bertz CT molecular complexity index is 275. The monoisotopic (exact) mass is 232 g/mol. The van der Waals surface area contributed by atoms with Gasteiger partial charge in [-0.2, -0.15) is 0 Å². The quantitative estimate of drug-likeness (QED) is 0.672. The van der Waals surface area contributed by atoms with Crippen LogP contribution in [0.25, 0.3) is 0 Å². The summed E-state index contributed by atoms with van der Waals surface area (Å²) in [5, 5.41) is 3.21. The Morgan fingerprint density at radius 1 is 1.47 bits per heavy atom. The van der Waals surface area contributed by atoms with E-state index < -0.39 is 5.41 Å². The Hall–Kier alpha value is -0.610. The van der Waals surface area contributed by atoms with Crippen LogP contribution in [0.15, 0.2) is 0 Å². The first-order valence-electron chi connectivity index (χ1n) is 5.25. The molecule has 0 aromatic rings.